The van der Waals surface area contributed by atoms with Crippen LogP contribution in [0.5, 0.6) is 0 Å². The van der Waals surface area contributed by atoms with Crippen LogP contribution in [0, 0.1) is 0 Å². The summed E-state index contributed by atoms with van der Waals surface area (Å²) in [6, 6.07) is 0.252. The summed E-state index contributed by atoms with van der Waals surface area (Å²) in [5.74, 6) is 0.137. The number of nitrogens with zero attached hydrogens (tertiary/aromatic N) is 1. The molecule has 88 valence electrons. The van der Waals surface area contributed by atoms with Crippen molar-refractivity contribution in [2.24, 2.45) is 5.73 Å². The van der Waals surface area contributed by atoms with E-state index < -0.39 is 0 Å². The van der Waals surface area contributed by atoms with Gasteiger partial charge in [-0.3, -0.25) is 9.69 Å². The molecule has 1 amide bonds. The van der Waals surface area contributed by atoms with Crippen LogP contribution in [-0.4, -0.2) is 43.0 Å². The molecule has 4 heteroatoms. The van der Waals surface area contributed by atoms with Crippen LogP contribution in [-0.2, 0) is 4.79 Å². The number of piperidine rings is 1. The zero-order valence-corrected chi connectivity index (χ0v) is 9.67. The maximum absolute atomic E-state index is 11.5. The standard InChI is InChI=1S/C11H23N3O/c1-2-3-6-13-11(15)9-14-7-4-5-10(12)8-14/h10H,2-9,12H2,1H3,(H,13,15). The molecule has 3 N–H and O–H groups in total. The van der Waals surface area contributed by atoms with E-state index in [1.807, 2.05) is 0 Å². The summed E-state index contributed by atoms with van der Waals surface area (Å²) >= 11 is 0. The van der Waals surface area contributed by atoms with Crippen molar-refractivity contribution in [2.45, 2.75) is 38.6 Å². The Kier molecular flexibility index (Phi) is 5.65. The Morgan fingerprint density at radius 3 is 3.07 bits per heavy atom. The first-order valence-corrected chi connectivity index (χ1v) is 5.97. The van der Waals surface area contributed by atoms with Crippen molar-refractivity contribution in [1.29, 1.82) is 0 Å². The predicted molar refractivity (Wildman–Crippen MR) is 61.6 cm³/mol. The van der Waals surface area contributed by atoms with E-state index >= 15 is 0 Å². The third-order valence-corrected chi connectivity index (χ3v) is 2.76. The van der Waals surface area contributed by atoms with Crippen molar-refractivity contribution >= 4 is 5.91 Å². The zero-order chi connectivity index (χ0) is 11.1. The first kappa shape index (κ1) is 12.5. The molecular formula is C11H23N3O. The molecule has 0 aliphatic carbocycles. The first-order valence-electron chi connectivity index (χ1n) is 5.97. The van der Waals surface area contributed by atoms with Crippen LogP contribution in [0.3, 0.4) is 0 Å². The molecule has 0 aromatic carbocycles. The van der Waals surface area contributed by atoms with Gasteiger partial charge in [0.05, 0.1) is 6.54 Å². The van der Waals surface area contributed by atoms with Crippen LogP contribution in [0.1, 0.15) is 32.6 Å². The average Bonchev–Trinajstić information content (AvgIpc) is 2.18. The number of likely N-dealkylation sites (tertiary alicyclic amines) is 1. The minimum absolute atomic E-state index is 0.137. The zero-order valence-electron chi connectivity index (χ0n) is 9.67. The molecule has 15 heavy (non-hydrogen) atoms. The van der Waals surface area contributed by atoms with Crippen LogP contribution in [0.2, 0.25) is 0 Å². The quantitative estimate of drug-likeness (QED) is 0.647. The second-order valence-corrected chi connectivity index (χ2v) is 4.34. The van der Waals surface area contributed by atoms with Gasteiger partial charge in [-0.25, -0.2) is 0 Å². The van der Waals surface area contributed by atoms with Gasteiger partial charge in [-0.1, -0.05) is 13.3 Å². The molecule has 1 rings (SSSR count). The van der Waals surface area contributed by atoms with Crippen LogP contribution in [0.25, 0.3) is 0 Å². The van der Waals surface area contributed by atoms with E-state index in [4.69, 9.17) is 5.73 Å². The van der Waals surface area contributed by atoms with Crippen molar-refractivity contribution in [3.05, 3.63) is 0 Å². The molecule has 0 aromatic rings. The number of carbonyl (C=O) groups is 1. The Balaban J connectivity index is 2.13. The van der Waals surface area contributed by atoms with Gasteiger partial charge in [-0.05, 0) is 25.8 Å². The number of carbonyl (C=O) groups excluding carboxylic acids is 1. The predicted octanol–water partition coefficient (Wildman–Crippen LogP) is 0.326. The summed E-state index contributed by atoms with van der Waals surface area (Å²) in [4.78, 5) is 13.6. The van der Waals surface area contributed by atoms with Gasteiger partial charge in [0.1, 0.15) is 0 Å². The summed E-state index contributed by atoms with van der Waals surface area (Å²) in [6.07, 6.45) is 4.39. The second-order valence-electron chi connectivity index (χ2n) is 4.34. The van der Waals surface area contributed by atoms with E-state index in [1.54, 1.807) is 0 Å². The number of amides is 1. The van der Waals surface area contributed by atoms with Gasteiger partial charge in [0.2, 0.25) is 5.91 Å². The molecule has 1 saturated heterocycles. The monoisotopic (exact) mass is 213 g/mol. The third kappa shape index (κ3) is 5.14. The molecule has 1 aliphatic rings. The van der Waals surface area contributed by atoms with Gasteiger partial charge in [0.15, 0.2) is 0 Å². The lowest BCUT2D eigenvalue weighted by Crippen LogP contribution is -2.47. The minimum Gasteiger partial charge on any atom is -0.355 e. The molecule has 0 aromatic heterocycles. The van der Waals surface area contributed by atoms with E-state index in [-0.39, 0.29) is 11.9 Å². The molecule has 0 radical (unpaired) electrons. The topological polar surface area (TPSA) is 58.4 Å². The molecule has 1 heterocycles. The Bertz CT molecular complexity index is 196. The molecule has 4 nitrogen and oxygen atoms in total. The lowest BCUT2D eigenvalue weighted by atomic mass is 10.1. The van der Waals surface area contributed by atoms with Gasteiger partial charge in [-0.15, -0.1) is 0 Å². The van der Waals surface area contributed by atoms with Gasteiger partial charge in [0.25, 0.3) is 0 Å². The molecular weight excluding hydrogens is 190 g/mol. The normalized spacial score (nSPS) is 22.7. The number of hydrogen-bond donors (Lipinski definition) is 2. The molecule has 0 saturated carbocycles. The van der Waals surface area contributed by atoms with E-state index in [1.165, 1.54) is 0 Å². The third-order valence-electron chi connectivity index (χ3n) is 2.76. The van der Waals surface area contributed by atoms with Crippen molar-refractivity contribution in [2.75, 3.05) is 26.2 Å². The largest absolute Gasteiger partial charge is 0.355 e. The minimum atomic E-state index is 0.137. The number of nitrogens with two attached hydrogens (primary N) is 1. The van der Waals surface area contributed by atoms with E-state index in [9.17, 15) is 4.79 Å². The van der Waals surface area contributed by atoms with E-state index in [0.29, 0.717) is 6.54 Å². The fraction of sp³-hybridized carbons (Fsp3) is 0.909. The molecule has 0 spiro atoms. The first-order chi connectivity index (χ1) is 7.22. The van der Waals surface area contributed by atoms with Gasteiger partial charge >= 0.3 is 0 Å². The van der Waals surface area contributed by atoms with Gasteiger partial charge < -0.3 is 11.1 Å². The van der Waals surface area contributed by atoms with Crippen molar-refractivity contribution in [1.82, 2.24) is 10.2 Å². The highest BCUT2D eigenvalue weighted by atomic mass is 16.2. The smallest absolute Gasteiger partial charge is 0.234 e. The Labute approximate surface area is 92.2 Å². The Morgan fingerprint density at radius 1 is 1.60 bits per heavy atom. The number of unbranched alkanes of at least 4 members (excludes halogenated alkanes) is 1. The van der Waals surface area contributed by atoms with Crippen molar-refractivity contribution < 1.29 is 4.79 Å². The van der Waals surface area contributed by atoms with Crippen LogP contribution in [0.15, 0.2) is 0 Å². The summed E-state index contributed by atoms with van der Waals surface area (Å²) in [7, 11) is 0. The lowest BCUT2D eigenvalue weighted by molar-refractivity contribution is -0.122. The van der Waals surface area contributed by atoms with Crippen LogP contribution in [0.4, 0.5) is 0 Å². The average molecular weight is 213 g/mol. The highest BCUT2D eigenvalue weighted by molar-refractivity contribution is 5.77. The lowest BCUT2D eigenvalue weighted by Gasteiger charge is -2.29. The second kappa shape index (κ2) is 6.80. The van der Waals surface area contributed by atoms with Gasteiger partial charge in [0, 0.05) is 19.1 Å². The maximum Gasteiger partial charge on any atom is 0.234 e. The van der Waals surface area contributed by atoms with Crippen molar-refractivity contribution in [3.8, 4) is 0 Å². The highest BCUT2D eigenvalue weighted by Crippen LogP contribution is 2.07. The van der Waals surface area contributed by atoms with Crippen LogP contribution < -0.4 is 11.1 Å². The fourth-order valence-corrected chi connectivity index (χ4v) is 1.90. The molecule has 0 bridgehead atoms. The summed E-state index contributed by atoms with van der Waals surface area (Å²) in [5, 5.41) is 2.92. The summed E-state index contributed by atoms with van der Waals surface area (Å²) in [6.45, 7) is 5.30. The molecule has 1 atom stereocenters. The van der Waals surface area contributed by atoms with E-state index in [2.05, 4.69) is 17.1 Å². The van der Waals surface area contributed by atoms with Crippen molar-refractivity contribution in [3.63, 3.8) is 0 Å². The summed E-state index contributed by atoms with van der Waals surface area (Å²) in [5.41, 5.74) is 5.85. The molecule has 1 aliphatic heterocycles. The fourth-order valence-electron chi connectivity index (χ4n) is 1.90. The SMILES string of the molecule is CCCCNC(=O)CN1CCCC(N)C1. The van der Waals surface area contributed by atoms with Gasteiger partial charge in [-0.2, -0.15) is 0 Å². The molecule has 1 fully saturated rings. The number of rotatable bonds is 5. The maximum atomic E-state index is 11.5. The Morgan fingerprint density at radius 2 is 2.40 bits per heavy atom. The Hall–Kier alpha value is -0.610. The number of nitrogens with one attached hydrogen (secondary N) is 1. The summed E-state index contributed by atoms with van der Waals surface area (Å²) < 4.78 is 0. The highest BCUT2D eigenvalue weighted by Gasteiger charge is 2.18. The van der Waals surface area contributed by atoms with Crippen LogP contribution >= 0.6 is 0 Å². The molecule has 1 unspecified atom stereocenters. The number of hydrogen-bond acceptors (Lipinski definition) is 3. The van der Waals surface area contributed by atoms with E-state index in [0.717, 1.165) is 45.3 Å².